The van der Waals surface area contributed by atoms with Gasteiger partial charge in [-0.1, -0.05) is 11.6 Å². The monoisotopic (exact) mass is 303 g/mol. The number of amides is 1. The van der Waals surface area contributed by atoms with Crippen molar-refractivity contribution in [3.8, 4) is 5.75 Å². The van der Waals surface area contributed by atoms with E-state index in [9.17, 15) is 4.79 Å². The van der Waals surface area contributed by atoms with E-state index in [0.717, 1.165) is 5.56 Å². The fraction of sp³-hybridized carbons (Fsp3) is 0.133. The highest BCUT2D eigenvalue weighted by molar-refractivity contribution is 6.31. The molecule has 1 N–H and O–H groups in total. The van der Waals surface area contributed by atoms with Crippen LogP contribution in [-0.4, -0.2) is 23.7 Å². The SMILES string of the molecule is COc1ccc(Cl)cc1C(=O)NN=C(C)c1ccncc1. The van der Waals surface area contributed by atoms with E-state index in [1.165, 1.54) is 13.2 Å². The molecule has 6 heteroatoms. The molecule has 0 atom stereocenters. The molecule has 2 aromatic rings. The smallest absolute Gasteiger partial charge is 0.275 e. The number of hydrogen-bond acceptors (Lipinski definition) is 4. The summed E-state index contributed by atoms with van der Waals surface area (Å²) < 4.78 is 5.14. The Labute approximate surface area is 127 Å². The molecule has 1 amide bonds. The van der Waals surface area contributed by atoms with Crippen molar-refractivity contribution < 1.29 is 9.53 Å². The number of hydrogen-bond donors (Lipinski definition) is 1. The molecule has 0 bridgehead atoms. The normalized spacial score (nSPS) is 11.1. The Bertz CT molecular complexity index is 672. The van der Waals surface area contributed by atoms with Crippen LogP contribution >= 0.6 is 11.6 Å². The molecule has 21 heavy (non-hydrogen) atoms. The van der Waals surface area contributed by atoms with Crippen LogP contribution in [0.1, 0.15) is 22.8 Å². The lowest BCUT2D eigenvalue weighted by Crippen LogP contribution is -2.20. The summed E-state index contributed by atoms with van der Waals surface area (Å²) in [5, 5.41) is 4.52. The van der Waals surface area contributed by atoms with Crippen molar-refractivity contribution >= 4 is 23.2 Å². The van der Waals surface area contributed by atoms with Crippen molar-refractivity contribution in [1.82, 2.24) is 10.4 Å². The second-order valence-electron chi connectivity index (χ2n) is 4.22. The first-order valence-corrected chi connectivity index (χ1v) is 6.58. The lowest BCUT2D eigenvalue weighted by Gasteiger charge is -2.08. The number of halogens is 1. The topological polar surface area (TPSA) is 63.6 Å². The highest BCUT2D eigenvalue weighted by Gasteiger charge is 2.12. The molecule has 1 heterocycles. The Morgan fingerprint density at radius 1 is 1.29 bits per heavy atom. The van der Waals surface area contributed by atoms with Gasteiger partial charge in [-0.05, 0) is 37.3 Å². The van der Waals surface area contributed by atoms with Crippen LogP contribution in [0.25, 0.3) is 0 Å². The second kappa shape index (κ2) is 6.85. The van der Waals surface area contributed by atoms with Gasteiger partial charge in [0.1, 0.15) is 5.75 Å². The summed E-state index contributed by atoms with van der Waals surface area (Å²) in [7, 11) is 1.49. The molecule has 0 saturated carbocycles. The predicted octanol–water partition coefficient (Wildman–Crippen LogP) is 2.90. The minimum absolute atomic E-state index is 0.330. The number of carbonyl (C=O) groups excluding carboxylic acids is 1. The average molecular weight is 304 g/mol. The van der Waals surface area contributed by atoms with Gasteiger partial charge in [0.2, 0.25) is 0 Å². The lowest BCUT2D eigenvalue weighted by atomic mass is 10.2. The van der Waals surface area contributed by atoms with Crippen molar-refractivity contribution in [1.29, 1.82) is 0 Å². The first-order valence-electron chi connectivity index (χ1n) is 6.20. The molecule has 0 fully saturated rings. The van der Waals surface area contributed by atoms with Crippen LogP contribution in [0.3, 0.4) is 0 Å². The number of hydrazone groups is 1. The number of pyridine rings is 1. The molecule has 0 spiro atoms. The maximum Gasteiger partial charge on any atom is 0.275 e. The fourth-order valence-electron chi connectivity index (χ4n) is 1.71. The van der Waals surface area contributed by atoms with Crippen molar-refractivity contribution in [2.75, 3.05) is 7.11 Å². The quantitative estimate of drug-likeness (QED) is 0.698. The third-order valence-electron chi connectivity index (χ3n) is 2.83. The number of ether oxygens (including phenoxy) is 1. The summed E-state index contributed by atoms with van der Waals surface area (Å²) in [6.45, 7) is 1.80. The molecule has 0 aliphatic rings. The van der Waals surface area contributed by atoms with Crippen LogP contribution in [0.4, 0.5) is 0 Å². The molecule has 2 rings (SSSR count). The third kappa shape index (κ3) is 3.79. The van der Waals surface area contributed by atoms with Gasteiger partial charge in [-0.15, -0.1) is 0 Å². The summed E-state index contributed by atoms with van der Waals surface area (Å²) >= 11 is 5.90. The van der Waals surface area contributed by atoms with Gasteiger partial charge in [0.25, 0.3) is 5.91 Å². The molecule has 108 valence electrons. The summed E-state index contributed by atoms with van der Waals surface area (Å²) in [6.07, 6.45) is 3.33. The second-order valence-corrected chi connectivity index (χ2v) is 4.66. The minimum Gasteiger partial charge on any atom is -0.496 e. The standard InChI is InChI=1S/C15H14ClN3O2/c1-10(11-5-7-17-8-6-11)18-19-15(20)13-9-12(16)3-4-14(13)21-2/h3-9H,1-2H3,(H,19,20). The summed E-state index contributed by atoms with van der Waals surface area (Å²) in [5.41, 5.74) is 4.37. The zero-order chi connectivity index (χ0) is 15.2. The molecular weight excluding hydrogens is 290 g/mol. The van der Waals surface area contributed by atoms with Gasteiger partial charge in [-0.25, -0.2) is 5.43 Å². The molecule has 5 nitrogen and oxygen atoms in total. The lowest BCUT2D eigenvalue weighted by molar-refractivity contribution is 0.0952. The average Bonchev–Trinajstić information content (AvgIpc) is 2.53. The largest absolute Gasteiger partial charge is 0.496 e. The van der Waals surface area contributed by atoms with E-state index in [1.807, 2.05) is 12.1 Å². The first kappa shape index (κ1) is 15.0. The van der Waals surface area contributed by atoms with E-state index in [0.29, 0.717) is 22.0 Å². The van der Waals surface area contributed by atoms with Gasteiger partial charge < -0.3 is 4.74 Å². The zero-order valence-corrected chi connectivity index (χ0v) is 12.4. The van der Waals surface area contributed by atoms with Gasteiger partial charge in [0, 0.05) is 23.0 Å². The molecule has 0 aliphatic carbocycles. The highest BCUT2D eigenvalue weighted by Crippen LogP contribution is 2.22. The Hall–Kier alpha value is -2.40. The van der Waals surface area contributed by atoms with E-state index in [4.69, 9.17) is 16.3 Å². The van der Waals surface area contributed by atoms with Crippen molar-refractivity contribution in [2.45, 2.75) is 6.92 Å². The Morgan fingerprint density at radius 3 is 2.67 bits per heavy atom. The van der Waals surface area contributed by atoms with Crippen LogP contribution in [-0.2, 0) is 0 Å². The fourth-order valence-corrected chi connectivity index (χ4v) is 1.88. The third-order valence-corrected chi connectivity index (χ3v) is 3.06. The van der Waals surface area contributed by atoms with Gasteiger partial charge >= 0.3 is 0 Å². The highest BCUT2D eigenvalue weighted by atomic mass is 35.5. The number of rotatable bonds is 4. The van der Waals surface area contributed by atoms with Crippen molar-refractivity contribution in [3.05, 3.63) is 58.9 Å². The van der Waals surface area contributed by atoms with Crippen molar-refractivity contribution in [2.24, 2.45) is 5.10 Å². The Balaban J connectivity index is 2.17. The van der Waals surface area contributed by atoms with Gasteiger partial charge in [-0.2, -0.15) is 5.10 Å². The molecule has 0 radical (unpaired) electrons. The van der Waals surface area contributed by atoms with E-state index in [1.54, 1.807) is 31.5 Å². The zero-order valence-electron chi connectivity index (χ0n) is 11.6. The van der Waals surface area contributed by atoms with Gasteiger partial charge in [0.05, 0.1) is 18.4 Å². The van der Waals surface area contributed by atoms with E-state index in [-0.39, 0.29) is 5.91 Å². The number of nitrogens with one attached hydrogen (secondary N) is 1. The maximum atomic E-state index is 12.1. The number of carbonyl (C=O) groups is 1. The van der Waals surface area contributed by atoms with Gasteiger partial charge in [-0.3, -0.25) is 9.78 Å². The van der Waals surface area contributed by atoms with Crippen LogP contribution in [0, 0.1) is 0 Å². The molecule has 0 saturated heterocycles. The minimum atomic E-state index is -0.386. The summed E-state index contributed by atoms with van der Waals surface area (Å²) in [5.74, 6) is 0.0522. The van der Waals surface area contributed by atoms with Crippen LogP contribution in [0.5, 0.6) is 5.75 Å². The number of nitrogens with zero attached hydrogens (tertiary/aromatic N) is 2. The molecule has 1 aromatic carbocycles. The van der Waals surface area contributed by atoms with Crippen LogP contribution in [0.15, 0.2) is 47.8 Å². The molecular formula is C15H14ClN3O2. The molecule has 0 unspecified atom stereocenters. The van der Waals surface area contributed by atoms with E-state index < -0.39 is 0 Å². The van der Waals surface area contributed by atoms with Crippen LogP contribution < -0.4 is 10.2 Å². The number of benzene rings is 1. The van der Waals surface area contributed by atoms with E-state index >= 15 is 0 Å². The number of aromatic nitrogens is 1. The molecule has 1 aromatic heterocycles. The van der Waals surface area contributed by atoms with Gasteiger partial charge in [0.15, 0.2) is 0 Å². The summed E-state index contributed by atoms with van der Waals surface area (Å²) in [4.78, 5) is 16.1. The Morgan fingerprint density at radius 2 is 2.00 bits per heavy atom. The Kier molecular flexibility index (Phi) is 4.90. The van der Waals surface area contributed by atoms with Crippen molar-refractivity contribution in [3.63, 3.8) is 0 Å². The summed E-state index contributed by atoms with van der Waals surface area (Å²) in [6, 6.07) is 8.45. The molecule has 0 aliphatic heterocycles. The maximum absolute atomic E-state index is 12.1. The first-order chi connectivity index (χ1) is 10.1. The predicted molar refractivity (Wildman–Crippen MR) is 81.9 cm³/mol. The van der Waals surface area contributed by atoms with E-state index in [2.05, 4.69) is 15.5 Å². The van der Waals surface area contributed by atoms with Crippen LogP contribution in [0.2, 0.25) is 5.02 Å². The number of methoxy groups -OCH3 is 1.